The first kappa shape index (κ1) is 13.1. The van der Waals surface area contributed by atoms with Crippen molar-refractivity contribution in [3.8, 4) is 0 Å². The highest BCUT2D eigenvalue weighted by atomic mass is 16.1. The van der Waals surface area contributed by atoms with E-state index in [1.807, 2.05) is 45.0 Å². The van der Waals surface area contributed by atoms with Crippen LogP contribution in [0.15, 0.2) is 24.3 Å². The molecule has 1 amide bonds. The van der Waals surface area contributed by atoms with Crippen molar-refractivity contribution in [1.29, 1.82) is 0 Å². The van der Waals surface area contributed by atoms with Crippen LogP contribution in [0.3, 0.4) is 0 Å². The molecule has 18 heavy (non-hydrogen) atoms. The van der Waals surface area contributed by atoms with Gasteiger partial charge < -0.3 is 11.1 Å². The molecule has 3 heteroatoms. The normalized spacial score (nSPS) is 17.3. The van der Waals surface area contributed by atoms with Crippen molar-refractivity contribution in [2.75, 3.05) is 0 Å². The maximum atomic E-state index is 11.9. The predicted molar refractivity (Wildman–Crippen MR) is 73.5 cm³/mol. The molecular formula is C15H22N2O. The number of benzene rings is 1. The van der Waals surface area contributed by atoms with Gasteiger partial charge in [0.2, 0.25) is 0 Å². The summed E-state index contributed by atoms with van der Waals surface area (Å²) in [6.45, 7) is 5.93. The van der Waals surface area contributed by atoms with Crippen LogP contribution < -0.4 is 11.1 Å². The standard InChI is InChI=1S/C15H22N2O/c1-14(2,3)17-13(18)12-6-4-11(5-7-12)10-15(16)8-9-15/h4-7H,8-10,16H2,1-3H3,(H,17,18). The van der Waals surface area contributed by atoms with Crippen molar-refractivity contribution >= 4 is 5.91 Å². The highest BCUT2D eigenvalue weighted by molar-refractivity contribution is 5.94. The lowest BCUT2D eigenvalue weighted by molar-refractivity contribution is 0.0919. The molecule has 0 spiro atoms. The van der Waals surface area contributed by atoms with Gasteiger partial charge in [0.1, 0.15) is 0 Å². The van der Waals surface area contributed by atoms with Gasteiger partial charge in [0.15, 0.2) is 0 Å². The summed E-state index contributed by atoms with van der Waals surface area (Å²) in [5.41, 5.74) is 7.81. The quantitative estimate of drug-likeness (QED) is 0.859. The Morgan fingerprint density at radius 2 is 1.83 bits per heavy atom. The van der Waals surface area contributed by atoms with Crippen molar-refractivity contribution in [2.24, 2.45) is 5.73 Å². The van der Waals surface area contributed by atoms with Gasteiger partial charge in [0, 0.05) is 16.6 Å². The van der Waals surface area contributed by atoms with Crippen LogP contribution >= 0.6 is 0 Å². The van der Waals surface area contributed by atoms with Gasteiger partial charge in [-0.2, -0.15) is 0 Å². The minimum atomic E-state index is -0.203. The molecule has 0 radical (unpaired) electrons. The lowest BCUT2D eigenvalue weighted by Gasteiger charge is -2.20. The molecule has 2 rings (SSSR count). The molecule has 0 atom stereocenters. The predicted octanol–water partition coefficient (Wildman–Crippen LogP) is 2.25. The van der Waals surface area contributed by atoms with E-state index in [9.17, 15) is 4.79 Å². The molecule has 0 saturated heterocycles. The molecule has 1 aliphatic carbocycles. The number of nitrogens with two attached hydrogens (primary N) is 1. The minimum absolute atomic E-state index is 0.0230. The van der Waals surface area contributed by atoms with E-state index in [-0.39, 0.29) is 17.0 Å². The first-order chi connectivity index (χ1) is 8.27. The molecule has 1 fully saturated rings. The Morgan fingerprint density at radius 3 is 2.28 bits per heavy atom. The molecule has 0 aliphatic heterocycles. The summed E-state index contributed by atoms with van der Waals surface area (Å²) in [6.07, 6.45) is 3.13. The molecule has 0 unspecified atom stereocenters. The number of hydrogen-bond acceptors (Lipinski definition) is 2. The van der Waals surface area contributed by atoms with Crippen LogP contribution in [0.4, 0.5) is 0 Å². The molecule has 1 saturated carbocycles. The number of carbonyl (C=O) groups excluding carboxylic acids is 1. The molecule has 0 bridgehead atoms. The molecule has 1 aromatic carbocycles. The summed E-state index contributed by atoms with van der Waals surface area (Å²) >= 11 is 0. The van der Waals surface area contributed by atoms with Crippen molar-refractivity contribution in [2.45, 2.75) is 51.1 Å². The number of hydrogen-bond donors (Lipinski definition) is 2. The van der Waals surface area contributed by atoms with Gasteiger partial charge in [0.05, 0.1) is 0 Å². The van der Waals surface area contributed by atoms with Crippen molar-refractivity contribution in [1.82, 2.24) is 5.32 Å². The van der Waals surface area contributed by atoms with Crippen LogP contribution in [0.1, 0.15) is 49.5 Å². The van der Waals surface area contributed by atoms with E-state index in [0.29, 0.717) is 5.56 Å². The third kappa shape index (κ3) is 3.57. The fourth-order valence-electron chi connectivity index (χ4n) is 1.93. The molecule has 0 heterocycles. The largest absolute Gasteiger partial charge is 0.347 e. The molecule has 1 aromatic rings. The Bertz CT molecular complexity index is 439. The van der Waals surface area contributed by atoms with E-state index in [1.165, 1.54) is 5.56 Å². The van der Waals surface area contributed by atoms with E-state index < -0.39 is 0 Å². The monoisotopic (exact) mass is 246 g/mol. The van der Waals surface area contributed by atoms with E-state index in [1.54, 1.807) is 0 Å². The second-order valence-corrected chi connectivity index (χ2v) is 6.44. The summed E-state index contributed by atoms with van der Waals surface area (Å²) in [5.74, 6) is -0.0251. The van der Waals surface area contributed by atoms with Gasteiger partial charge in [-0.15, -0.1) is 0 Å². The Hall–Kier alpha value is -1.35. The Balaban J connectivity index is 2.01. The lowest BCUT2D eigenvalue weighted by Crippen LogP contribution is -2.40. The second-order valence-electron chi connectivity index (χ2n) is 6.44. The highest BCUT2D eigenvalue weighted by Gasteiger charge is 2.37. The summed E-state index contributed by atoms with van der Waals surface area (Å²) < 4.78 is 0. The minimum Gasteiger partial charge on any atom is -0.347 e. The Morgan fingerprint density at radius 1 is 1.28 bits per heavy atom. The fraction of sp³-hybridized carbons (Fsp3) is 0.533. The SMILES string of the molecule is CC(C)(C)NC(=O)c1ccc(CC2(N)CC2)cc1. The summed E-state index contributed by atoms with van der Waals surface area (Å²) in [5, 5.41) is 2.95. The van der Waals surface area contributed by atoms with Gasteiger partial charge >= 0.3 is 0 Å². The third-order valence-electron chi connectivity index (χ3n) is 3.15. The zero-order chi connectivity index (χ0) is 13.4. The maximum absolute atomic E-state index is 11.9. The molecule has 3 nitrogen and oxygen atoms in total. The molecule has 1 aliphatic rings. The van der Waals surface area contributed by atoms with Crippen LogP contribution in [0.2, 0.25) is 0 Å². The van der Waals surface area contributed by atoms with Gasteiger partial charge in [-0.1, -0.05) is 12.1 Å². The summed E-state index contributed by atoms with van der Waals surface area (Å²) in [7, 11) is 0. The Labute approximate surface area is 109 Å². The topological polar surface area (TPSA) is 55.1 Å². The summed E-state index contributed by atoms with van der Waals surface area (Å²) in [6, 6.07) is 7.76. The van der Waals surface area contributed by atoms with Crippen LogP contribution in [-0.4, -0.2) is 17.0 Å². The van der Waals surface area contributed by atoms with Crippen LogP contribution in [0, 0.1) is 0 Å². The van der Waals surface area contributed by atoms with Crippen LogP contribution in [-0.2, 0) is 6.42 Å². The average Bonchev–Trinajstić information content (AvgIpc) is 2.94. The van der Waals surface area contributed by atoms with Crippen LogP contribution in [0.5, 0.6) is 0 Å². The van der Waals surface area contributed by atoms with Gasteiger partial charge in [-0.3, -0.25) is 4.79 Å². The van der Waals surface area contributed by atoms with Crippen molar-refractivity contribution < 1.29 is 4.79 Å². The summed E-state index contributed by atoms with van der Waals surface area (Å²) in [4.78, 5) is 11.9. The second kappa shape index (κ2) is 4.39. The molecule has 3 N–H and O–H groups in total. The van der Waals surface area contributed by atoms with Crippen LogP contribution in [0.25, 0.3) is 0 Å². The molecule has 0 aromatic heterocycles. The molecule has 98 valence electrons. The Kier molecular flexibility index (Phi) is 3.20. The van der Waals surface area contributed by atoms with Crippen molar-refractivity contribution in [3.05, 3.63) is 35.4 Å². The fourth-order valence-corrected chi connectivity index (χ4v) is 1.93. The maximum Gasteiger partial charge on any atom is 0.251 e. The van der Waals surface area contributed by atoms with Gasteiger partial charge in [-0.25, -0.2) is 0 Å². The number of rotatable bonds is 3. The highest BCUT2D eigenvalue weighted by Crippen LogP contribution is 2.35. The van der Waals surface area contributed by atoms with Gasteiger partial charge in [-0.05, 0) is 57.7 Å². The first-order valence-corrected chi connectivity index (χ1v) is 6.48. The smallest absolute Gasteiger partial charge is 0.251 e. The van der Waals surface area contributed by atoms with E-state index in [4.69, 9.17) is 5.73 Å². The lowest BCUT2D eigenvalue weighted by atomic mass is 10.0. The number of carbonyl (C=O) groups is 1. The number of amides is 1. The molecular weight excluding hydrogens is 224 g/mol. The first-order valence-electron chi connectivity index (χ1n) is 6.48. The van der Waals surface area contributed by atoms with E-state index >= 15 is 0 Å². The zero-order valence-corrected chi connectivity index (χ0v) is 11.4. The third-order valence-corrected chi connectivity index (χ3v) is 3.15. The van der Waals surface area contributed by atoms with E-state index in [2.05, 4.69) is 5.32 Å². The van der Waals surface area contributed by atoms with Gasteiger partial charge in [0.25, 0.3) is 5.91 Å². The van der Waals surface area contributed by atoms with E-state index in [0.717, 1.165) is 19.3 Å². The number of nitrogens with one attached hydrogen (secondary N) is 1. The van der Waals surface area contributed by atoms with Crippen molar-refractivity contribution in [3.63, 3.8) is 0 Å². The zero-order valence-electron chi connectivity index (χ0n) is 11.4. The average molecular weight is 246 g/mol.